The molecule has 6 nitrogen and oxygen atoms in total. The normalized spacial score (nSPS) is 9.40. The lowest BCUT2D eigenvalue weighted by Gasteiger charge is -1.98. The molecule has 0 aliphatic carbocycles. The van der Waals surface area contributed by atoms with Crippen LogP contribution in [-0.4, -0.2) is 16.7 Å². The van der Waals surface area contributed by atoms with Gasteiger partial charge in [0.15, 0.2) is 5.89 Å². The molecule has 0 bridgehead atoms. The summed E-state index contributed by atoms with van der Waals surface area (Å²) in [5.41, 5.74) is 0.00408. The highest BCUT2D eigenvalue weighted by molar-refractivity contribution is 6.03. The van der Waals surface area contributed by atoms with Gasteiger partial charge in [-0.1, -0.05) is 0 Å². The van der Waals surface area contributed by atoms with Crippen molar-refractivity contribution in [1.82, 2.24) is 4.98 Å². The molecule has 1 aromatic rings. The number of anilines is 1. The van der Waals surface area contributed by atoms with Crippen LogP contribution in [0.15, 0.2) is 4.42 Å². The lowest BCUT2D eigenvalue weighted by atomic mass is 10.3. The van der Waals surface area contributed by atoms with Gasteiger partial charge in [-0.3, -0.25) is 14.9 Å². The number of aryl methyl sites for hydroxylation is 1. The molecule has 15 heavy (non-hydrogen) atoms. The third-order valence-corrected chi connectivity index (χ3v) is 1.50. The standard InChI is InChI=1S/C9H9N3O3/c1-5(13)3-8(14)12-9-7(4-10)11-6(2)15-9/h3H2,1-2H3,(H,12,14). The number of carbonyl (C=O) groups excluding carboxylic acids is 2. The van der Waals surface area contributed by atoms with E-state index < -0.39 is 5.91 Å². The highest BCUT2D eigenvalue weighted by Gasteiger charge is 2.14. The first-order chi connectivity index (χ1) is 7.02. The molecule has 6 heteroatoms. The number of nitrogens with one attached hydrogen (secondary N) is 1. The van der Waals surface area contributed by atoms with Gasteiger partial charge in [0.05, 0.1) is 6.42 Å². The number of amides is 1. The first-order valence-electron chi connectivity index (χ1n) is 4.19. The van der Waals surface area contributed by atoms with Crippen molar-refractivity contribution in [3.8, 4) is 6.07 Å². The van der Waals surface area contributed by atoms with Gasteiger partial charge in [0, 0.05) is 6.92 Å². The van der Waals surface area contributed by atoms with E-state index in [2.05, 4.69) is 10.3 Å². The van der Waals surface area contributed by atoms with Gasteiger partial charge in [-0.2, -0.15) is 5.26 Å². The Kier molecular flexibility index (Phi) is 3.18. The van der Waals surface area contributed by atoms with Crippen LogP contribution in [0.2, 0.25) is 0 Å². The summed E-state index contributed by atoms with van der Waals surface area (Å²) in [7, 11) is 0. The summed E-state index contributed by atoms with van der Waals surface area (Å²) in [6.07, 6.45) is -0.245. The maximum absolute atomic E-state index is 11.2. The lowest BCUT2D eigenvalue weighted by Crippen LogP contribution is -2.14. The van der Waals surface area contributed by atoms with Gasteiger partial charge in [0.25, 0.3) is 0 Å². The quantitative estimate of drug-likeness (QED) is 0.738. The maximum Gasteiger partial charge on any atom is 0.238 e. The predicted molar refractivity (Wildman–Crippen MR) is 49.9 cm³/mol. The number of ketones is 1. The number of Topliss-reactive ketones (excluding diaryl/α,β-unsaturated/α-hetero) is 1. The minimum absolute atomic E-state index is 0.00408. The average molecular weight is 207 g/mol. The summed E-state index contributed by atoms with van der Waals surface area (Å²) in [5.74, 6) is -0.511. The van der Waals surface area contributed by atoms with E-state index in [0.717, 1.165) is 0 Å². The van der Waals surface area contributed by atoms with Crippen molar-refractivity contribution in [3.05, 3.63) is 11.6 Å². The molecule has 1 aromatic heterocycles. The Labute approximate surface area is 85.9 Å². The number of nitriles is 1. The number of carbonyl (C=O) groups is 2. The van der Waals surface area contributed by atoms with E-state index in [0.29, 0.717) is 0 Å². The van der Waals surface area contributed by atoms with Crippen molar-refractivity contribution < 1.29 is 14.0 Å². The Morgan fingerprint density at radius 1 is 1.60 bits per heavy atom. The molecule has 1 rings (SSSR count). The zero-order valence-corrected chi connectivity index (χ0v) is 8.33. The monoisotopic (exact) mass is 207 g/mol. The first-order valence-corrected chi connectivity index (χ1v) is 4.19. The van der Waals surface area contributed by atoms with Gasteiger partial charge >= 0.3 is 0 Å². The molecule has 0 fully saturated rings. The van der Waals surface area contributed by atoms with Crippen molar-refractivity contribution in [3.63, 3.8) is 0 Å². The van der Waals surface area contributed by atoms with Gasteiger partial charge < -0.3 is 4.42 Å². The van der Waals surface area contributed by atoms with Gasteiger partial charge in [-0.25, -0.2) is 4.98 Å². The van der Waals surface area contributed by atoms with Crippen LogP contribution in [-0.2, 0) is 9.59 Å². The highest BCUT2D eigenvalue weighted by atomic mass is 16.4. The van der Waals surface area contributed by atoms with Crippen LogP contribution >= 0.6 is 0 Å². The fourth-order valence-electron chi connectivity index (χ4n) is 0.984. The van der Waals surface area contributed by atoms with Crippen molar-refractivity contribution in [1.29, 1.82) is 5.26 Å². The van der Waals surface area contributed by atoms with E-state index in [1.54, 1.807) is 13.0 Å². The van der Waals surface area contributed by atoms with Crippen LogP contribution in [0.25, 0.3) is 0 Å². The smallest absolute Gasteiger partial charge is 0.238 e. The van der Waals surface area contributed by atoms with Crippen molar-refractivity contribution in [2.45, 2.75) is 20.3 Å². The molecule has 0 saturated heterocycles. The Hall–Kier alpha value is -2.16. The second-order valence-electron chi connectivity index (χ2n) is 2.95. The third-order valence-electron chi connectivity index (χ3n) is 1.50. The van der Waals surface area contributed by atoms with Crippen LogP contribution in [0.5, 0.6) is 0 Å². The van der Waals surface area contributed by atoms with Gasteiger partial charge in [0.1, 0.15) is 11.9 Å². The summed E-state index contributed by atoms with van der Waals surface area (Å²) >= 11 is 0. The molecule has 0 aliphatic heterocycles. The molecule has 1 N–H and O–H groups in total. The van der Waals surface area contributed by atoms with Crippen LogP contribution in [0, 0.1) is 18.3 Å². The molecular weight excluding hydrogens is 198 g/mol. The summed E-state index contributed by atoms with van der Waals surface area (Å²) in [6, 6.07) is 1.77. The van der Waals surface area contributed by atoms with Crippen molar-refractivity contribution >= 4 is 17.6 Å². The molecule has 0 aromatic carbocycles. The van der Waals surface area contributed by atoms with Crippen molar-refractivity contribution in [2.75, 3.05) is 5.32 Å². The summed E-state index contributed by atoms with van der Waals surface area (Å²) < 4.78 is 4.98. The number of rotatable bonds is 3. The van der Waals surface area contributed by atoms with E-state index in [4.69, 9.17) is 9.68 Å². The number of hydrogen-bond donors (Lipinski definition) is 1. The Bertz CT molecular complexity index is 442. The van der Waals surface area contributed by atoms with Crippen molar-refractivity contribution in [2.24, 2.45) is 0 Å². The molecule has 0 unspecified atom stereocenters. The summed E-state index contributed by atoms with van der Waals surface area (Å²) in [5, 5.41) is 10.9. The average Bonchev–Trinajstić information content (AvgIpc) is 2.44. The van der Waals surface area contributed by atoms with Crippen LogP contribution < -0.4 is 5.32 Å². The molecule has 0 atom stereocenters. The molecule has 0 aliphatic rings. The van der Waals surface area contributed by atoms with E-state index >= 15 is 0 Å². The molecular formula is C9H9N3O3. The predicted octanol–water partition coefficient (Wildman–Crippen LogP) is 0.772. The van der Waals surface area contributed by atoms with Gasteiger partial charge in [0.2, 0.25) is 17.5 Å². The number of hydrogen-bond acceptors (Lipinski definition) is 5. The number of oxazole rings is 1. The maximum atomic E-state index is 11.2. The minimum Gasteiger partial charge on any atom is -0.424 e. The van der Waals surface area contributed by atoms with Gasteiger partial charge in [-0.15, -0.1) is 0 Å². The Balaban J connectivity index is 2.76. The Morgan fingerprint density at radius 2 is 2.27 bits per heavy atom. The zero-order chi connectivity index (χ0) is 11.4. The number of aromatic nitrogens is 1. The first kappa shape index (κ1) is 10.9. The fraction of sp³-hybridized carbons (Fsp3) is 0.333. The topological polar surface area (TPSA) is 96.0 Å². The van der Waals surface area contributed by atoms with E-state index in [1.807, 2.05) is 0 Å². The molecule has 1 amide bonds. The fourth-order valence-corrected chi connectivity index (χ4v) is 0.984. The summed E-state index contributed by atoms with van der Waals surface area (Å²) in [6.45, 7) is 2.86. The zero-order valence-electron chi connectivity index (χ0n) is 8.33. The van der Waals surface area contributed by atoms with Crippen LogP contribution in [0.4, 0.5) is 5.88 Å². The SMILES string of the molecule is CC(=O)CC(=O)Nc1oc(C)nc1C#N. The Morgan fingerprint density at radius 3 is 2.80 bits per heavy atom. The molecule has 0 spiro atoms. The van der Waals surface area contributed by atoms with Crippen LogP contribution in [0.3, 0.4) is 0 Å². The summed E-state index contributed by atoms with van der Waals surface area (Å²) in [4.78, 5) is 25.5. The number of nitrogens with zero attached hydrogens (tertiary/aromatic N) is 2. The largest absolute Gasteiger partial charge is 0.424 e. The molecule has 0 radical (unpaired) electrons. The van der Waals surface area contributed by atoms with E-state index in [-0.39, 0.29) is 29.7 Å². The second kappa shape index (κ2) is 4.37. The minimum atomic E-state index is -0.518. The molecule has 0 saturated carbocycles. The third kappa shape index (κ3) is 2.91. The highest BCUT2D eigenvalue weighted by Crippen LogP contribution is 2.15. The molecule has 1 heterocycles. The lowest BCUT2D eigenvalue weighted by molar-refractivity contribution is -0.124. The second-order valence-corrected chi connectivity index (χ2v) is 2.95. The molecule has 78 valence electrons. The van der Waals surface area contributed by atoms with E-state index in [9.17, 15) is 9.59 Å². The van der Waals surface area contributed by atoms with Gasteiger partial charge in [-0.05, 0) is 6.92 Å². The van der Waals surface area contributed by atoms with E-state index in [1.165, 1.54) is 6.92 Å². The van der Waals surface area contributed by atoms with Crippen LogP contribution in [0.1, 0.15) is 24.9 Å².